The van der Waals surface area contributed by atoms with Crippen LogP contribution >= 0.6 is 12.4 Å². The van der Waals surface area contributed by atoms with Crippen molar-refractivity contribution in [2.24, 2.45) is 0 Å². The predicted octanol–water partition coefficient (Wildman–Crippen LogP) is 3.22. The van der Waals surface area contributed by atoms with E-state index in [2.05, 4.69) is 36.5 Å². The van der Waals surface area contributed by atoms with Crippen LogP contribution in [0.25, 0.3) is 0 Å². The van der Waals surface area contributed by atoms with Gasteiger partial charge in [0.1, 0.15) is 0 Å². The zero-order valence-electron chi connectivity index (χ0n) is 10.9. The van der Waals surface area contributed by atoms with Gasteiger partial charge in [-0.15, -0.1) is 12.4 Å². The van der Waals surface area contributed by atoms with E-state index in [0.717, 1.165) is 18.7 Å². The number of halogens is 1. The summed E-state index contributed by atoms with van der Waals surface area (Å²) in [6.45, 7) is 2.90. The first-order valence-corrected chi connectivity index (χ1v) is 6.73. The number of aryl methyl sites for hydroxylation is 1. The summed E-state index contributed by atoms with van der Waals surface area (Å²) in [4.78, 5) is 0. The molecule has 2 fully saturated rings. The Hall–Kier alpha value is -0.570. The minimum atomic E-state index is 0. The third-order valence-electron chi connectivity index (χ3n) is 4.00. The Labute approximate surface area is 116 Å². The van der Waals surface area contributed by atoms with Gasteiger partial charge in [0.15, 0.2) is 0 Å². The molecule has 1 aromatic carbocycles. The lowest BCUT2D eigenvalue weighted by Gasteiger charge is -2.29. The van der Waals surface area contributed by atoms with E-state index in [1.54, 1.807) is 0 Å². The molecule has 0 radical (unpaired) electrons. The summed E-state index contributed by atoms with van der Waals surface area (Å²) < 4.78 is 6.06. The van der Waals surface area contributed by atoms with Crippen molar-refractivity contribution in [2.45, 2.75) is 57.4 Å². The first kappa shape index (κ1) is 13.9. The number of piperidine rings is 1. The van der Waals surface area contributed by atoms with Gasteiger partial charge in [-0.2, -0.15) is 0 Å². The molecule has 1 N–H and O–H groups in total. The fourth-order valence-corrected chi connectivity index (χ4v) is 3.16. The molecule has 100 valence electrons. The van der Waals surface area contributed by atoms with E-state index in [1.165, 1.54) is 36.8 Å². The Bertz CT molecular complexity index is 384. The van der Waals surface area contributed by atoms with E-state index >= 15 is 0 Å². The molecule has 2 heterocycles. The minimum Gasteiger partial charge on any atom is -0.373 e. The molecule has 0 saturated carbocycles. The zero-order chi connectivity index (χ0) is 11.7. The summed E-state index contributed by atoms with van der Waals surface area (Å²) in [5.41, 5.74) is 2.62. The monoisotopic (exact) mass is 267 g/mol. The Morgan fingerprint density at radius 2 is 1.94 bits per heavy atom. The zero-order valence-corrected chi connectivity index (χ0v) is 11.7. The highest BCUT2D eigenvalue weighted by Gasteiger charge is 2.33. The second kappa shape index (κ2) is 6.05. The lowest BCUT2D eigenvalue weighted by Crippen LogP contribution is -2.41. The fourth-order valence-electron chi connectivity index (χ4n) is 3.16. The van der Waals surface area contributed by atoms with Crippen LogP contribution in [-0.4, -0.2) is 18.2 Å². The van der Waals surface area contributed by atoms with Gasteiger partial charge in [0.05, 0.1) is 12.7 Å². The van der Waals surface area contributed by atoms with Gasteiger partial charge in [-0.1, -0.05) is 29.8 Å². The molecule has 3 heteroatoms. The highest BCUT2D eigenvalue weighted by molar-refractivity contribution is 5.85. The molecule has 0 aliphatic carbocycles. The molecule has 18 heavy (non-hydrogen) atoms. The highest BCUT2D eigenvalue weighted by Crippen LogP contribution is 2.28. The summed E-state index contributed by atoms with van der Waals surface area (Å²) in [5.74, 6) is 0. The van der Waals surface area contributed by atoms with Gasteiger partial charge >= 0.3 is 0 Å². The second-order valence-corrected chi connectivity index (χ2v) is 5.53. The van der Waals surface area contributed by atoms with Gasteiger partial charge in [0, 0.05) is 12.1 Å². The van der Waals surface area contributed by atoms with Crippen molar-refractivity contribution in [1.29, 1.82) is 0 Å². The molecule has 2 unspecified atom stereocenters. The Morgan fingerprint density at radius 1 is 1.22 bits per heavy atom. The van der Waals surface area contributed by atoms with E-state index in [4.69, 9.17) is 4.74 Å². The van der Waals surface area contributed by atoms with Gasteiger partial charge in [-0.3, -0.25) is 0 Å². The maximum absolute atomic E-state index is 6.06. The van der Waals surface area contributed by atoms with Gasteiger partial charge in [0.2, 0.25) is 0 Å². The number of benzene rings is 1. The number of fused-ring (bicyclic) bond motifs is 2. The molecule has 2 atom stereocenters. The maximum atomic E-state index is 6.06. The van der Waals surface area contributed by atoms with E-state index in [9.17, 15) is 0 Å². The quantitative estimate of drug-likeness (QED) is 0.908. The summed E-state index contributed by atoms with van der Waals surface area (Å²) in [7, 11) is 0. The van der Waals surface area contributed by atoms with E-state index in [-0.39, 0.29) is 12.4 Å². The van der Waals surface area contributed by atoms with E-state index in [0.29, 0.717) is 6.10 Å². The third-order valence-corrected chi connectivity index (χ3v) is 4.00. The highest BCUT2D eigenvalue weighted by atomic mass is 35.5. The average Bonchev–Trinajstić information content (AvgIpc) is 2.66. The fraction of sp³-hybridized carbons (Fsp3) is 0.600. The molecular formula is C15H22ClNO. The smallest absolute Gasteiger partial charge is 0.0720 e. The van der Waals surface area contributed by atoms with Crippen LogP contribution in [0.2, 0.25) is 0 Å². The summed E-state index contributed by atoms with van der Waals surface area (Å²) >= 11 is 0. The second-order valence-electron chi connectivity index (χ2n) is 5.53. The number of nitrogens with one attached hydrogen (secondary N) is 1. The average molecular weight is 268 g/mol. The maximum Gasteiger partial charge on any atom is 0.0720 e. The van der Waals surface area contributed by atoms with Gasteiger partial charge in [-0.05, 0) is 38.2 Å². The Kier molecular flexibility index (Phi) is 4.66. The number of rotatable bonds is 3. The predicted molar refractivity (Wildman–Crippen MR) is 76.2 cm³/mol. The van der Waals surface area contributed by atoms with Crippen LogP contribution in [0, 0.1) is 6.92 Å². The summed E-state index contributed by atoms with van der Waals surface area (Å²) in [6, 6.07) is 10.1. The van der Waals surface area contributed by atoms with Crippen LogP contribution in [-0.2, 0) is 11.3 Å². The molecule has 2 nitrogen and oxygen atoms in total. The topological polar surface area (TPSA) is 21.3 Å². The van der Waals surface area contributed by atoms with Crippen LogP contribution in [0.5, 0.6) is 0 Å². The van der Waals surface area contributed by atoms with Crippen molar-refractivity contribution in [2.75, 3.05) is 0 Å². The van der Waals surface area contributed by atoms with Gasteiger partial charge in [0.25, 0.3) is 0 Å². The molecule has 2 aliphatic rings. The van der Waals surface area contributed by atoms with Crippen LogP contribution in [0.1, 0.15) is 36.8 Å². The molecule has 2 aliphatic heterocycles. The van der Waals surface area contributed by atoms with Gasteiger partial charge in [-0.25, -0.2) is 0 Å². The lowest BCUT2D eigenvalue weighted by molar-refractivity contribution is 0.00915. The Morgan fingerprint density at radius 3 is 2.61 bits per heavy atom. The van der Waals surface area contributed by atoms with Crippen LogP contribution < -0.4 is 5.32 Å². The van der Waals surface area contributed by atoms with Crippen LogP contribution in [0.15, 0.2) is 24.3 Å². The number of hydrogen-bond donors (Lipinski definition) is 1. The van der Waals surface area contributed by atoms with Crippen LogP contribution in [0.3, 0.4) is 0 Å². The minimum absolute atomic E-state index is 0. The van der Waals surface area contributed by atoms with Crippen molar-refractivity contribution in [3.05, 3.63) is 35.4 Å². The lowest BCUT2D eigenvalue weighted by atomic mass is 10.0. The van der Waals surface area contributed by atoms with Gasteiger partial charge < -0.3 is 10.1 Å². The van der Waals surface area contributed by atoms with Crippen molar-refractivity contribution < 1.29 is 4.74 Å². The first-order valence-electron chi connectivity index (χ1n) is 6.73. The molecule has 3 rings (SSSR count). The molecule has 2 saturated heterocycles. The number of ether oxygens (including phenoxy) is 1. The summed E-state index contributed by atoms with van der Waals surface area (Å²) in [6.07, 6.45) is 5.54. The molecule has 0 aromatic heterocycles. The largest absolute Gasteiger partial charge is 0.373 e. The molecule has 1 aromatic rings. The molecule has 0 amide bonds. The van der Waals surface area contributed by atoms with Crippen molar-refractivity contribution in [3.63, 3.8) is 0 Å². The van der Waals surface area contributed by atoms with Crippen molar-refractivity contribution in [3.8, 4) is 0 Å². The van der Waals surface area contributed by atoms with Crippen LogP contribution in [0.4, 0.5) is 0 Å². The molecular weight excluding hydrogens is 246 g/mol. The normalized spacial score (nSPS) is 29.9. The first-order chi connectivity index (χ1) is 8.29. The standard InChI is InChI=1S/C15H21NO.ClH/c1-11-3-2-4-12(7-11)10-17-15-8-13-5-6-14(9-15)16-13;/h2-4,7,13-16H,5-6,8-10H2,1H3;1H. The molecule has 2 bridgehead atoms. The summed E-state index contributed by atoms with van der Waals surface area (Å²) in [5, 5.41) is 3.65. The molecule has 0 spiro atoms. The van der Waals surface area contributed by atoms with Crippen molar-refractivity contribution in [1.82, 2.24) is 5.32 Å². The van der Waals surface area contributed by atoms with Crippen molar-refractivity contribution >= 4 is 12.4 Å². The third kappa shape index (κ3) is 3.25. The SMILES string of the molecule is Cc1cccc(COC2CC3CCC(C2)N3)c1.Cl. The van der Waals surface area contributed by atoms with E-state index in [1.807, 2.05) is 0 Å². The van der Waals surface area contributed by atoms with E-state index < -0.39 is 0 Å². The number of hydrogen-bond acceptors (Lipinski definition) is 2. The Balaban J connectivity index is 0.00000120.